The zero-order valence-electron chi connectivity index (χ0n) is 7.51. The fourth-order valence-corrected chi connectivity index (χ4v) is 2.68. The maximum absolute atomic E-state index is 11.2. The molecule has 1 saturated carbocycles. The summed E-state index contributed by atoms with van der Waals surface area (Å²) < 4.78 is -1.23. The van der Waals surface area contributed by atoms with E-state index < -0.39 is 15.7 Å². The molecule has 5 heteroatoms. The van der Waals surface area contributed by atoms with Gasteiger partial charge in [-0.05, 0) is 17.7 Å². The molecule has 0 aromatic heterocycles. The van der Waals surface area contributed by atoms with E-state index in [9.17, 15) is 9.90 Å². The van der Waals surface area contributed by atoms with Gasteiger partial charge in [-0.15, -0.1) is 0 Å². The second-order valence-corrected chi connectivity index (χ2v) is 5.52. The van der Waals surface area contributed by atoms with Crippen molar-refractivity contribution in [1.29, 1.82) is 0 Å². The van der Waals surface area contributed by atoms with Crippen molar-refractivity contribution < 1.29 is 9.90 Å². The smallest absolute Gasteiger partial charge is 0.317 e. The number of benzene rings is 1. The summed E-state index contributed by atoms with van der Waals surface area (Å²) in [7, 11) is 0. The van der Waals surface area contributed by atoms with Crippen LogP contribution in [0.25, 0.3) is 0 Å². The minimum absolute atomic E-state index is 0.207. The fraction of sp³-hybridized carbons (Fsp3) is 0.300. The molecule has 0 amide bonds. The lowest BCUT2D eigenvalue weighted by Gasteiger charge is -2.13. The standard InChI is InChI=1S/C10H7Cl3O2/c11-7-3-1-2-6(4-7)9(8(14)15)5-10(9,12)13/h1-4H,5H2,(H,14,15). The van der Waals surface area contributed by atoms with Crippen molar-refractivity contribution in [3.05, 3.63) is 34.9 Å². The van der Waals surface area contributed by atoms with Crippen molar-refractivity contribution in [3.63, 3.8) is 0 Å². The predicted octanol–water partition coefficient (Wildman–Crippen LogP) is 3.24. The normalized spacial score (nSPS) is 27.4. The summed E-state index contributed by atoms with van der Waals surface area (Å²) in [4.78, 5) is 11.2. The van der Waals surface area contributed by atoms with E-state index in [4.69, 9.17) is 34.8 Å². The van der Waals surface area contributed by atoms with Crippen LogP contribution in [0.15, 0.2) is 24.3 Å². The van der Waals surface area contributed by atoms with Gasteiger partial charge in [0, 0.05) is 11.4 Å². The Morgan fingerprint density at radius 1 is 1.40 bits per heavy atom. The maximum atomic E-state index is 11.2. The highest BCUT2D eigenvalue weighted by molar-refractivity contribution is 6.54. The number of rotatable bonds is 2. The second kappa shape index (κ2) is 3.27. The van der Waals surface area contributed by atoms with Gasteiger partial charge in [-0.25, -0.2) is 0 Å². The monoisotopic (exact) mass is 264 g/mol. The first-order valence-electron chi connectivity index (χ1n) is 4.27. The zero-order chi connectivity index (χ0) is 11.3. The number of aliphatic carboxylic acids is 1. The highest BCUT2D eigenvalue weighted by Gasteiger charge is 2.72. The summed E-state index contributed by atoms with van der Waals surface area (Å²) in [5.74, 6) is -1.02. The third-order valence-corrected chi connectivity index (χ3v) is 3.82. The SMILES string of the molecule is O=C(O)C1(c2cccc(Cl)c2)CC1(Cl)Cl. The van der Waals surface area contributed by atoms with Crippen LogP contribution in [-0.4, -0.2) is 15.4 Å². The Morgan fingerprint density at radius 2 is 2.00 bits per heavy atom. The van der Waals surface area contributed by atoms with Crippen molar-refractivity contribution in [1.82, 2.24) is 0 Å². The average Bonchev–Trinajstić information content (AvgIpc) is 2.71. The Morgan fingerprint density at radius 3 is 2.40 bits per heavy atom. The predicted molar refractivity (Wildman–Crippen MR) is 59.8 cm³/mol. The molecule has 0 bridgehead atoms. The largest absolute Gasteiger partial charge is 0.480 e. The minimum Gasteiger partial charge on any atom is -0.480 e. The topological polar surface area (TPSA) is 37.3 Å². The summed E-state index contributed by atoms with van der Waals surface area (Å²) in [6.45, 7) is 0. The summed E-state index contributed by atoms with van der Waals surface area (Å²) in [5.41, 5.74) is -0.659. The van der Waals surface area contributed by atoms with Gasteiger partial charge in [0.05, 0.1) is 0 Å². The molecular weight excluding hydrogens is 258 g/mol. The number of halogens is 3. The van der Waals surface area contributed by atoms with Crippen molar-refractivity contribution in [3.8, 4) is 0 Å². The molecule has 2 nitrogen and oxygen atoms in total. The van der Waals surface area contributed by atoms with Crippen LogP contribution in [0.3, 0.4) is 0 Å². The van der Waals surface area contributed by atoms with Crippen molar-refractivity contribution in [2.75, 3.05) is 0 Å². The number of hydrogen-bond donors (Lipinski definition) is 1. The Labute approximate surface area is 102 Å². The summed E-state index contributed by atoms with van der Waals surface area (Å²) in [5, 5.41) is 9.65. The van der Waals surface area contributed by atoms with Gasteiger partial charge in [0.15, 0.2) is 0 Å². The molecule has 1 fully saturated rings. The van der Waals surface area contributed by atoms with E-state index in [1.807, 2.05) is 0 Å². The summed E-state index contributed by atoms with van der Waals surface area (Å²) in [6, 6.07) is 6.62. The van der Waals surface area contributed by atoms with Crippen LogP contribution in [0.1, 0.15) is 12.0 Å². The molecular formula is C10H7Cl3O2. The maximum Gasteiger partial charge on any atom is 0.317 e. The van der Waals surface area contributed by atoms with Crippen LogP contribution < -0.4 is 0 Å². The van der Waals surface area contributed by atoms with E-state index >= 15 is 0 Å². The van der Waals surface area contributed by atoms with Crippen LogP contribution in [0.2, 0.25) is 5.02 Å². The Hall–Kier alpha value is -0.440. The van der Waals surface area contributed by atoms with Gasteiger partial charge < -0.3 is 5.11 Å². The number of carboxylic acid groups (broad SMARTS) is 1. The molecule has 1 aromatic carbocycles. The summed E-state index contributed by atoms with van der Waals surface area (Å²) >= 11 is 17.6. The molecule has 1 aliphatic rings. The van der Waals surface area contributed by atoms with Gasteiger partial charge >= 0.3 is 5.97 Å². The third kappa shape index (κ3) is 1.52. The van der Waals surface area contributed by atoms with Crippen LogP contribution in [-0.2, 0) is 10.2 Å². The van der Waals surface area contributed by atoms with Gasteiger partial charge in [-0.1, -0.05) is 46.9 Å². The Bertz CT molecular complexity index is 430. The third-order valence-electron chi connectivity index (χ3n) is 2.67. The zero-order valence-corrected chi connectivity index (χ0v) is 9.77. The first-order chi connectivity index (χ1) is 6.90. The van der Waals surface area contributed by atoms with Gasteiger partial charge in [-0.3, -0.25) is 4.79 Å². The fourth-order valence-electron chi connectivity index (χ4n) is 1.71. The highest BCUT2D eigenvalue weighted by atomic mass is 35.5. The van der Waals surface area contributed by atoms with E-state index in [2.05, 4.69) is 0 Å². The van der Waals surface area contributed by atoms with E-state index in [0.717, 1.165) is 0 Å². The molecule has 1 unspecified atom stereocenters. The number of alkyl halides is 2. The molecule has 0 aliphatic heterocycles. The Kier molecular flexibility index (Phi) is 2.41. The quantitative estimate of drug-likeness (QED) is 0.834. The number of hydrogen-bond acceptors (Lipinski definition) is 1. The average molecular weight is 266 g/mol. The Balaban J connectivity index is 2.50. The minimum atomic E-state index is -1.23. The molecule has 2 rings (SSSR count). The summed E-state index contributed by atoms with van der Waals surface area (Å²) in [6.07, 6.45) is 0.207. The van der Waals surface area contributed by atoms with E-state index in [-0.39, 0.29) is 6.42 Å². The number of carboxylic acids is 1. The van der Waals surface area contributed by atoms with Gasteiger partial charge in [-0.2, -0.15) is 0 Å². The lowest BCUT2D eigenvalue weighted by Crippen LogP contribution is -2.26. The molecule has 0 spiro atoms. The van der Waals surface area contributed by atoms with Crippen molar-refractivity contribution >= 4 is 40.8 Å². The molecule has 1 aromatic rings. The molecule has 1 atom stereocenters. The van der Waals surface area contributed by atoms with Crippen LogP contribution >= 0.6 is 34.8 Å². The lowest BCUT2D eigenvalue weighted by molar-refractivity contribution is -0.140. The molecule has 80 valence electrons. The van der Waals surface area contributed by atoms with Gasteiger partial charge in [0.1, 0.15) is 9.75 Å². The van der Waals surface area contributed by atoms with Gasteiger partial charge in [0.2, 0.25) is 0 Å². The molecule has 0 saturated heterocycles. The van der Waals surface area contributed by atoms with Crippen LogP contribution in [0.4, 0.5) is 0 Å². The molecule has 1 N–H and O–H groups in total. The first kappa shape index (κ1) is 11.1. The lowest BCUT2D eigenvalue weighted by atomic mass is 9.96. The van der Waals surface area contributed by atoms with E-state index in [1.165, 1.54) is 0 Å². The van der Waals surface area contributed by atoms with Crippen molar-refractivity contribution in [2.24, 2.45) is 0 Å². The van der Waals surface area contributed by atoms with E-state index in [0.29, 0.717) is 10.6 Å². The van der Waals surface area contributed by atoms with Gasteiger partial charge in [0.25, 0.3) is 0 Å². The molecule has 15 heavy (non-hydrogen) atoms. The van der Waals surface area contributed by atoms with E-state index in [1.54, 1.807) is 24.3 Å². The number of carbonyl (C=O) groups is 1. The highest BCUT2D eigenvalue weighted by Crippen LogP contribution is 2.65. The molecule has 0 radical (unpaired) electrons. The van der Waals surface area contributed by atoms with Crippen molar-refractivity contribution in [2.45, 2.75) is 16.2 Å². The molecule has 0 heterocycles. The van der Waals surface area contributed by atoms with Crippen LogP contribution in [0.5, 0.6) is 0 Å². The van der Waals surface area contributed by atoms with Crippen LogP contribution in [0, 0.1) is 0 Å². The first-order valence-corrected chi connectivity index (χ1v) is 5.41. The second-order valence-electron chi connectivity index (χ2n) is 3.60. The molecule has 1 aliphatic carbocycles.